The van der Waals surface area contributed by atoms with Crippen LogP contribution in [0.3, 0.4) is 0 Å². The van der Waals surface area contributed by atoms with Crippen LogP contribution in [0.1, 0.15) is 75.8 Å². The van der Waals surface area contributed by atoms with Gasteiger partial charge < -0.3 is 39.9 Å². The molecule has 0 saturated carbocycles. The van der Waals surface area contributed by atoms with E-state index in [4.69, 9.17) is 19.4 Å². The first kappa shape index (κ1) is 41.8. The number of fused-ring (bicyclic) bond motifs is 1. The number of rotatable bonds is 11. The number of carbonyl (C=O) groups is 4. The quantitative estimate of drug-likeness (QED) is 0.101. The summed E-state index contributed by atoms with van der Waals surface area (Å²) < 4.78 is 9.67. The van der Waals surface area contributed by atoms with Gasteiger partial charge in [-0.3, -0.25) is 9.59 Å². The number of nitrogens with zero attached hydrogens (tertiary/aromatic N) is 4. The first-order valence-electron chi connectivity index (χ1n) is 21.1. The Kier molecular flexibility index (Phi) is 11.8. The zero-order valence-electron chi connectivity index (χ0n) is 35.6. The van der Waals surface area contributed by atoms with Gasteiger partial charge in [0.15, 0.2) is 0 Å². The van der Waals surface area contributed by atoms with Gasteiger partial charge in [-0.25, -0.2) is 19.6 Å². The molecule has 0 spiro atoms. The number of nitrogens with one attached hydrogen (secondary N) is 4. The molecule has 0 aliphatic carbocycles. The Morgan fingerprint density at radius 2 is 1.23 bits per heavy atom. The van der Waals surface area contributed by atoms with E-state index in [9.17, 15) is 19.2 Å². The number of alkyl carbamates (subject to hydrolysis) is 2. The first-order valence-corrected chi connectivity index (χ1v) is 21.1. The second-order valence-corrected chi connectivity index (χ2v) is 16.5. The van der Waals surface area contributed by atoms with Crippen LogP contribution in [-0.4, -0.2) is 87.1 Å². The van der Waals surface area contributed by atoms with Crippen LogP contribution in [0, 0.1) is 5.92 Å². The zero-order chi connectivity index (χ0) is 43.5. The first-order chi connectivity index (χ1) is 30.0. The van der Waals surface area contributed by atoms with Crippen LogP contribution >= 0.6 is 0 Å². The minimum Gasteiger partial charge on any atom is -0.453 e. The van der Waals surface area contributed by atoms with Gasteiger partial charge in [-0.05, 0) is 83.7 Å². The minimum atomic E-state index is -1.33. The van der Waals surface area contributed by atoms with E-state index in [0.717, 1.165) is 75.9 Å². The normalized spacial score (nSPS) is 17.8. The van der Waals surface area contributed by atoms with Gasteiger partial charge in [-0.2, -0.15) is 0 Å². The molecule has 0 bridgehead atoms. The van der Waals surface area contributed by atoms with E-state index in [1.165, 1.54) is 14.2 Å². The van der Waals surface area contributed by atoms with E-state index >= 15 is 0 Å². The van der Waals surface area contributed by atoms with E-state index in [0.29, 0.717) is 24.5 Å². The monoisotopic (exact) mass is 836 g/mol. The van der Waals surface area contributed by atoms with Gasteiger partial charge in [0.1, 0.15) is 23.2 Å². The molecule has 4 atom stereocenters. The Morgan fingerprint density at radius 1 is 0.694 bits per heavy atom. The maximum atomic E-state index is 14.2. The van der Waals surface area contributed by atoms with Gasteiger partial charge in [-0.15, -0.1) is 0 Å². The van der Waals surface area contributed by atoms with Crippen LogP contribution < -0.4 is 10.6 Å². The van der Waals surface area contributed by atoms with E-state index in [1.807, 2.05) is 55.3 Å². The molecule has 6 aromatic rings. The molecule has 2 fully saturated rings. The van der Waals surface area contributed by atoms with Crippen molar-refractivity contribution in [1.82, 2.24) is 40.4 Å². The number of aromatic nitrogens is 4. The molecular weight excluding hydrogens is 785 g/mol. The average molecular weight is 837 g/mol. The van der Waals surface area contributed by atoms with Crippen molar-refractivity contribution in [1.29, 1.82) is 0 Å². The summed E-state index contributed by atoms with van der Waals surface area (Å²) in [5.74, 6) is 0.948. The molecule has 2 saturated heterocycles. The molecule has 4 N–H and O–H groups in total. The molecule has 2 aromatic heterocycles. The summed E-state index contributed by atoms with van der Waals surface area (Å²) >= 11 is 0. The Balaban J connectivity index is 0.950. The lowest BCUT2D eigenvalue weighted by molar-refractivity contribution is -0.139. The smallest absolute Gasteiger partial charge is 0.407 e. The number of aromatic amines is 2. The van der Waals surface area contributed by atoms with Gasteiger partial charge in [0.2, 0.25) is 5.91 Å². The number of hydrogen-bond donors (Lipinski definition) is 4. The SMILES string of the molecule is COC(=O)NC(C(=O)N1CCCC1c1ncc(-c2ccc3cc(-c4ccc(-c5cnc(C6CCCN6C(=O)C(C)(NC(=O)OC)c6ccccc6)[nH]5)cc4)ccc3c2)[nH]1)C(C)C. The summed E-state index contributed by atoms with van der Waals surface area (Å²) in [4.78, 5) is 72.3. The summed E-state index contributed by atoms with van der Waals surface area (Å²) in [6.07, 6.45) is 5.50. The number of benzene rings is 4. The molecular formula is C48H52N8O6. The third-order valence-electron chi connectivity index (χ3n) is 12.3. The van der Waals surface area contributed by atoms with Crippen LogP contribution in [0.4, 0.5) is 9.59 Å². The summed E-state index contributed by atoms with van der Waals surface area (Å²) in [5, 5.41) is 7.68. The van der Waals surface area contributed by atoms with Crippen LogP contribution in [0.25, 0.3) is 44.4 Å². The van der Waals surface area contributed by atoms with Crippen molar-refractivity contribution in [2.45, 2.75) is 70.1 Å². The lowest BCUT2D eigenvalue weighted by Gasteiger charge is -2.35. The molecule has 2 aliphatic rings. The minimum absolute atomic E-state index is 0.109. The third-order valence-corrected chi connectivity index (χ3v) is 12.3. The maximum absolute atomic E-state index is 14.2. The van der Waals surface area contributed by atoms with Crippen LogP contribution in [0.15, 0.2) is 103 Å². The standard InChI is InChI=1S/C48H52N8O6/c1-29(2)41(53-46(59)61-4)44(57)55-23-9-13-39(55)42-50-28-38(52-42)35-22-21-33-25-32(19-20-34(33)26-35)30-15-17-31(18-16-30)37-27-49-43(51-37)40-14-10-24-56(40)45(58)48(3,54-47(60)62-5)36-11-7-6-8-12-36/h6-8,11-12,15-22,25-29,39-41H,9-10,13-14,23-24H2,1-5H3,(H,49,51)(H,50,52)(H,53,59)(H,54,60). The van der Waals surface area contributed by atoms with Crippen LogP contribution in [0.5, 0.6) is 0 Å². The average Bonchev–Trinajstić information content (AvgIpc) is 4.15. The Labute approximate surface area is 360 Å². The number of likely N-dealkylation sites (tertiary alicyclic amines) is 2. The van der Waals surface area contributed by atoms with Crippen molar-refractivity contribution >= 4 is 34.8 Å². The molecule has 4 unspecified atom stereocenters. The number of imidazole rings is 2. The van der Waals surface area contributed by atoms with E-state index in [2.05, 4.69) is 81.3 Å². The largest absolute Gasteiger partial charge is 0.453 e. The Bertz CT molecular complexity index is 2590. The van der Waals surface area contributed by atoms with Crippen molar-refractivity contribution in [3.63, 3.8) is 0 Å². The predicted octanol–water partition coefficient (Wildman–Crippen LogP) is 8.27. The highest BCUT2D eigenvalue weighted by molar-refractivity contribution is 5.92. The molecule has 4 aromatic carbocycles. The molecule has 62 heavy (non-hydrogen) atoms. The number of carbonyl (C=O) groups excluding carboxylic acids is 4. The Hall–Kier alpha value is -6.96. The van der Waals surface area contributed by atoms with E-state index in [1.54, 1.807) is 18.0 Å². The zero-order valence-corrected chi connectivity index (χ0v) is 35.6. The second kappa shape index (κ2) is 17.6. The van der Waals surface area contributed by atoms with Crippen molar-refractivity contribution < 1.29 is 28.7 Å². The molecule has 8 rings (SSSR count). The molecule has 0 radical (unpaired) electrons. The molecule has 14 heteroatoms. The lowest BCUT2D eigenvalue weighted by atomic mass is 9.90. The fourth-order valence-corrected chi connectivity index (χ4v) is 8.79. The summed E-state index contributed by atoms with van der Waals surface area (Å²) in [6, 6.07) is 29.1. The highest BCUT2D eigenvalue weighted by Crippen LogP contribution is 2.37. The Morgan fingerprint density at radius 3 is 1.84 bits per heavy atom. The predicted molar refractivity (Wildman–Crippen MR) is 235 cm³/mol. The second-order valence-electron chi connectivity index (χ2n) is 16.5. The van der Waals surface area contributed by atoms with Gasteiger partial charge in [0, 0.05) is 18.7 Å². The third kappa shape index (κ3) is 8.24. The van der Waals surface area contributed by atoms with Crippen molar-refractivity contribution in [2.24, 2.45) is 5.92 Å². The summed E-state index contributed by atoms with van der Waals surface area (Å²) in [5.41, 5.74) is 5.16. The van der Waals surface area contributed by atoms with Gasteiger partial charge in [-0.1, -0.05) is 92.7 Å². The number of ether oxygens (including phenoxy) is 2. The van der Waals surface area contributed by atoms with Crippen molar-refractivity contribution in [3.05, 3.63) is 121 Å². The molecule has 14 nitrogen and oxygen atoms in total. The fourth-order valence-electron chi connectivity index (χ4n) is 8.79. The van der Waals surface area contributed by atoms with Gasteiger partial charge >= 0.3 is 12.2 Å². The lowest BCUT2D eigenvalue weighted by Crippen LogP contribution is -2.55. The topological polar surface area (TPSA) is 175 Å². The molecule has 4 amide bonds. The number of hydrogen-bond acceptors (Lipinski definition) is 8. The maximum Gasteiger partial charge on any atom is 0.407 e. The molecule has 4 heterocycles. The number of H-pyrrole nitrogens is 2. The van der Waals surface area contributed by atoms with Crippen LogP contribution in [-0.2, 0) is 24.6 Å². The van der Waals surface area contributed by atoms with Crippen molar-refractivity contribution in [2.75, 3.05) is 27.3 Å². The highest BCUT2D eigenvalue weighted by atomic mass is 16.5. The summed E-state index contributed by atoms with van der Waals surface area (Å²) in [7, 11) is 2.58. The highest BCUT2D eigenvalue weighted by Gasteiger charge is 2.45. The van der Waals surface area contributed by atoms with Crippen LogP contribution in [0.2, 0.25) is 0 Å². The van der Waals surface area contributed by atoms with Crippen molar-refractivity contribution in [3.8, 4) is 33.6 Å². The van der Waals surface area contributed by atoms with Gasteiger partial charge in [0.05, 0.1) is 50.1 Å². The fraction of sp³-hybridized carbons (Fsp3) is 0.333. The number of amides is 4. The number of methoxy groups -OCH3 is 2. The molecule has 2 aliphatic heterocycles. The van der Waals surface area contributed by atoms with E-state index in [-0.39, 0.29) is 29.8 Å². The summed E-state index contributed by atoms with van der Waals surface area (Å²) in [6.45, 7) is 6.65. The van der Waals surface area contributed by atoms with Gasteiger partial charge in [0.25, 0.3) is 5.91 Å². The van der Waals surface area contributed by atoms with E-state index < -0.39 is 23.8 Å². The molecule has 320 valence electrons.